The third-order valence-corrected chi connectivity index (χ3v) is 3.67. The van der Waals surface area contributed by atoms with Gasteiger partial charge in [0, 0.05) is 22.4 Å². The molecule has 0 fully saturated rings. The molecule has 0 saturated carbocycles. The van der Waals surface area contributed by atoms with Crippen LogP contribution in [0.25, 0.3) is 27.6 Å². The van der Waals surface area contributed by atoms with Crippen molar-refractivity contribution in [2.75, 3.05) is 0 Å². The summed E-state index contributed by atoms with van der Waals surface area (Å²) in [6, 6.07) is 17.6. The molecule has 0 aliphatic carbocycles. The van der Waals surface area contributed by atoms with Crippen molar-refractivity contribution in [3.63, 3.8) is 0 Å². The summed E-state index contributed by atoms with van der Waals surface area (Å²) in [5.74, 6) is 0. The summed E-state index contributed by atoms with van der Waals surface area (Å²) in [4.78, 5) is 19.6. The van der Waals surface area contributed by atoms with Crippen LogP contribution in [-0.2, 0) is 0 Å². The smallest absolute Gasteiger partial charge is 0.256 e. The highest BCUT2D eigenvalue weighted by Gasteiger charge is 2.06. The molecule has 2 aromatic heterocycles. The first-order valence-electron chi connectivity index (χ1n) is 6.79. The molecule has 0 aliphatic heterocycles. The maximum Gasteiger partial charge on any atom is 0.256 e. The van der Waals surface area contributed by atoms with E-state index in [9.17, 15) is 4.79 Å². The summed E-state index contributed by atoms with van der Waals surface area (Å²) in [7, 11) is 0. The first-order valence-corrected chi connectivity index (χ1v) is 6.79. The minimum Gasteiger partial charge on any atom is -0.321 e. The van der Waals surface area contributed by atoms with Crippen LogP contribution in [0.1, 0.15) is 5.69 Å². The molecule has 1 N–H and O–H groups in total. The first-order chi connectivity index (χ1) is 10.3. The molecule has 0 bridgehead atoms. The second-order valence-electron chi connectivity index (χ2n) is 4.98. The number of aromatic nitrogens is 2. The van der Waals surface area contributed by atoms with Crippen LogP contribution in [0.3, 0.4) is 0 Å². The number of aromatic amines is 1. The van der Waals surface area contributed by atoms with Gasteiger partial charge in [0.25, 0.3) is 5.56 Å². The van der Waals surface area contributed by atoms with E-state index in [4.69, 9.17) is 0 Å². The molecule has 2 heterocycles. The van der Waals surface area contributed by atoms with E-state index >= 15 is 0 Å². The van der Waals surface area contributed by atoms with E-state index in [1.165, 1.54) is 0 Å². The molecule has 4 aromatic rings. The van der Waals surface area contributed by atoms with Gasteiger partial charge >= 0.3 is 0 Å². The van der Waals surface area contributed by atoms with Crippen LogP contribution in [0.4, 0.5) is 0 Å². The fourth-order valence-corrected chi connectivity index (χ4v) is 2.73. The molecule has 3 nitrogen and oxygen atoms in total. The van der Waals surface area contributed by atoms with Crippen LogP contribution in [-0.4, -0.2) is 9.97 Å². The molecule has 3 heteroatoms. The molecular weight excluding hydrogens is 260 g/mol. The van der Waals surface area contributed by atoms with Gasteiger partial charge in [0.2, 0.25) is 0 Å². The van der Waals surface area contributed by atoms with Gasteiger partial charge in [0.15, 0.2) is 0 Å². The van der Waals surface area contributed by atoms with Crippen LogP contribution in [0.15, 0.2) is 65.6 Å². The highest BCUT2D eigenvalue weighted by molar-refractivity contribution is 6.09. The Labute approximate surface area is 120 Å². The van der Waals surface area contributed by atoms with E-state index in [0.29, 0.717) is 0 Å². The molecule has 0 aliphatic rings. The van der Waals surface area contributed by atoms with Crippen molar-refractivity contribution >= 4 is 27.6 Å². The Hall–Kier alpha value is -2.94. The molecule has 0 saturated heterocycles. The Morgan fingerprint density at radius 3 is 2.48 bits per heavy atom. The number of rotatable bonds is 1. The second-order valence-corrected chi connectivity index (χ2v) is 4.98. The molecule has 4 rings (SSSR count). The number of hydrogen-bond acceptors (Lipinski definition) is 2. The summed E-state index contributed by atoms with van der Waals surface area (Å²) in [6.45, 7) is 0. The zero-order valence-electron chi connectivity index (χ0n) is 11.2. The van der Waals surface area contributed by atoms with E-state index < -0.39 is 0 Å². The highest BCUT2D eigenvalue weighted by Crippen LogP contribution is 2.21. The van der Waals surface area contributed by atoms with Gasteiger partial charge in [-0.15, -0.1) is 0 Å². The molecule has 0 atom stereocenters. The third-order valence-electron chi connectivity index (χ3n) is 3.67. The largest absolute Gasteiger partial charge is 0.321 e. The normalized spacial score (nSPS) is 12.3. The van der Waals surface area contributed by atoms with Crippen molar-refractivity contribution in [3.8, 4) is 0 Å². The average Bonchev–Trinajstić information content (AvgIpc) is 2.53. The second kappa shape index (κ2) is 4.56. The van der Waals surface area contributed by atoms with Crippen molar-refractivity contribution in [2.24, 2.45) is 0 Å². The van der Waals surface area contributed by atoms with Gasteiger partial charge in [0.1, 0.15) is 0 Å². The van der Waals surface area contributed by atoms with Gasteiger partial charge in [0.05, 0.1) is 11.0 Å². The van der Waals surface area contributed by atoms with Crippen LogP contribution >= 0.6 is 0 Å². The number of H-pyrrole nitrogens is 1. The van der Waals surface area contributed by atoms with Gasteiger partial charge in [-0.2, -0.15) is 0 Å². The minimum absolute atomic E-state index is 0.0681. The van der Waals surface area contributed by atoms with Gasteiger partial charge in [-0.05, 0) is 29.7 Å². The predicted molar refractivity (Wildman–Crippen MR) is 85.1 cm³/mol. The van der Waals surface area contributed by atoms with Crippen LogP contribution < -0.4 is 10.9 Å². The molecule has 0 amide bonds. The number of benzene rings is 2. The van der Waals surface area contributed by atoms with Gasteiger partial charge in [-0.1, -0.05) is 36.4 Å². The van der Waals surface area contributed by atoms with E-state index in [2.05, 4.69) is 9.97 Å². The maximum atomic E-state index is 12.3. The lowest BCUT2D eigenvalue weighted by molar-refractivity contribution is 1.22. The molecule has 100 valence electrons. The zero-order chi connectivity index (χ0) is 14.2. The number of hydrogen-bond donors (Lipinski definition) is 1. The lowest BCUT2D eigenvalue weighted by atomic mass is 10.0. The van der Waals surface area contributed by atoms with E-state index in [1.807, 2.05) is 60.7 Å². The van der Waals surface area contributed by atoms with Crippen LogP contribution in [0.5, 0.6) is 0 Å². The number of nitrogens with zero attached hydrogens (tertiary/aromatic N) is 1. The summed E-state index contributed by atoms with van der Waals surface area (Å²) in [6.07, 6.45) is 3.65. The van der Waals surface area contributed by atoms with Gasteiger partial charge in [-0.25, -0.2) is 0 Å². The van der Waals surface area contributed by atoms with Crippen molar-refractivity contribution in [2.45, 2.75) is 0 Å². The van der Waals surface area contributed by atoms with Crippen molar-refractivity contribution < 1.29 is 0 Å². The SMILES string of the molecule is O=c1[nH]/c(=C/c2ccccn2)c2cccc3cccc1c32. The Balaban J connectivity index is 2.19. The molecular formula is C18H12N2O. The molecule has 0 unspecified atom stereocenters. The lowest BCUT2D eigenvalue weighted by Crippen LogP contribution is -2.21. The quantitative estimate of drug-likeness (QED) is 0.579. The summed E-state index contributed by atoms with van der Waals surface area (Å²) in [5.41, 5.74) is 0.755. The topological polar surface area (TPSA) is 45.8 Å². The molecule has 0 spiro atoms. The Kier molecular flexibility index (Phi) is 2.57. The zero-order valence-corrected chi connectivity index (χ0v) is 11.2. The maximum absolute atomic E-state index is 12.3. The summed E-state index contributed by atoms with van der Waals surface area (Å²) >= 11 is 0. The Bertz CT molecular complexity index is 1040. The fourth-order valence-electron chi connectivity index (χ4n) is 2.73. The molecule has 2 aromatic carbocycles. The minimum atomic E-state index is -0.0681. The lowest BCUT2D eigenvalue weighted by Gasteiger charge is -2.05. The van der Waals surface area contributed by atoms with E-state index in [-0.39, 0.29) is 5.56 Å². The highest BCUT2D eigenvalue weighted by atomic mass is 16.1. The fraction of sp³-hybridized carbons (Fsp3) is 0. The van der Waals surface area contributed by atoms with E-state index in [0.717, 1.165) is 32.6 Å². The first kappa shape index (κ1) is 11.9. The predicted octanol–water partition coefficient (Wildman–Crippen LogP) is 2.62. The molecule has 21 heavy (non-hydrogen) atoms. The van der Waals surface area contributed by atoms with Crippen molar-refractivity contribution in [3.05, 3.63) is 82.2 Å². The number of pyridine rings is 2. The number of nitrogens with one attached hydrogen (secondary N) is 1. The summed E-state index contributed by atoms with van der Waals surface area (Å²) in [5, 5.41) is 4.63. The van der Waals surface area contributed by atoms with Crippen molar-refractivity contribution in [1.82, 2.24) is 9.97 Å². The Morgan fingerprint density at radius 1 is 0.905 bits per heavy atom. The van der Waals surface area contributed by atoms with Crippen molar-refractivity contribution in [1.29, 1.82) is 0 Å². The van der Waals surface area contributed by atoms with Gasteiger partial charge < -0.3 is 4.98 Å². The summed E-state index contributed by atoms with van der Waals surface area (Å²) < 4.78 is 0. The average molecular weight is 272 g/mol. The van der Waals surface area contributed by atoms with E-state index in [1.54, 1.807) is 6.20 Å². The van der Waals surface area contributed by atoms with Crippen LogP contribution in [0, 0.1) is 0 Å². The standard InChI is InChI=1S/C18H12N2O/c21-18-15-9-4-6-12-5-3-8-14(17(12)15)16(20-18)11-13-7-1-2-10-19-13/h1-11H,(H,20,21)/b16-11+. The monoisotopic (exact) mass is 272 g/mol. The van der Waals surface area contributed by atoms with Crippen LogP contribution in [0.2, 0.25) is 0 Å². The Morgan fingerprint density at radius 2 is 1.71 bits per heavy atom. The van der Waals surface area contributed by atoms with Gasteiger partial charge in [-0.3, -0.25) is 9.78 Å². The molecule has 0 radical (unpaired) electrons. The third kappa shape index (κ3) is 1.91.